The van der Waals surface area contributed by atoms with Gasteiger partial charge >= 0.3 is 12.2 Å². The summed E-state index contributed by atoms with van der Waals surface area (Å²) in [5, 5.41) is 5.96. The van der Waals surface area contributed by atoms with E-state index in [1.54, 1.807) is 35.2 Å². The molecule has 150 valence electrons. The molecule has 28 heavy (non-hydrogen) atoms. The van der Waals surface area contributed by atoms with Gasteiger partial charge in [-0.1, -0.05) is 35.7 Å². The van der Waals surface area contributed by atoms with Crippen LogP contribution in [-0.4, -0.2) is 29.8 Å². The molecule has 1 unspecified atom stereocenters. The minimum Gasteiger partial charge on any atom is -0.322 e. The first-order chi connectivity index (χ1) is 13.3. The van der Waals surface area contributed by atoms with Crippen LogP contribution in [0.2, 0.25) is 5.02 Å². The second kappa shape index (κ2) is 8.63. The zero-order valence-corrected chi connectivity index (χ0v) is 16.4. The van der Waals surface area contributed by atoms with E-state index in [1.807, 2.05) is 0 Å². The molecule has 9 heteroatoms. The molecule has 4 nitrogen and oxygen atoms in total. The van der Waals surface area contributed by atoms with E-state index in [2.05, 4.69) is 0 Å². The number of nitrogens with two attached hydrogens (primary N) is 1. The maximum Gasteiger partial charge on any atom is 0.416 e. The maximum atomic E-state index is 13.2. The highest BCUT2D eigenvalue weighted by Gasteiger charge is 2.40. The third-order valence-electron chi connectivity index (χ3n) is 4.58. The monoisotopic (exact) mass is 429 g/mol. The lowest BCUT2D eigenvalue weighted by Crippen LogP contribution is -2.33. The van der Waals surface area contributed by atoms with E-state index in [-0.39, 0.29) is 6.03 Å². The van der Waals surface area contributed by atoms with Crippen LogP contribution in [0.25, 0.3) is 0 Å². The summed E-state index contributed by atoms with van der Waals surface area (Å²) < 4.78 is 39.5. The number of amides is 2. The third-order valence-corrected chi connectivity index (χ3v) is 5.35. The van der Waals surface area contributed by atoms with Gasteiger partial charge in [-0.2, -0.15) is 13.2 Å². The van der Waals surface area contributed by atoms with E-state index >= 15 is 0 Å². The van der Waals surface area contributed by atoms with Crippen LogP contribution in [0.5, 0.6) is 0 Å². The normalized spacial score (nSPS) is 17.5. The molecular formula is C19H19ClF3N3OS. The lowest BCUT2D eigenvalue weighted by atomic mass is 10.0. The lowest BCUT2D eigenvalue weighted by molar-refractivity contribution is -0.137. The number of halogens is 4. The number of benzene rings is 2. The van der Waals surface area contributed by atoms with Crippen molar-refractivity contribution < 1.29 is 18.0 Å². The number of rotatable bonds is 6. The fraction of sp³-hybridized carbons (Fsp3) is 0.316. The molecule has 0 radical (unpaired) electrons. The predicted molar refractivity (Wildman–Crippen MR) is 106 cm³/mol. The first-order valence-electron chi connectivity index (χ1n) is 8.64. The molecule has 1 atom stereocenters. The van der Waals surface area contributed by atoms with Crippen LogP contribution in [0.1, 0.15) is 23.6 Å². The molecule has 1 aliphatic heterocycles. The summed E-state index contributed by atoms with van der Waals surface area (Å²) in [6, 6.07) is 11.1. The Hall–Kier alpha value is -1.90. The Morgan fingerprint density at radius 2 is 1.89 bits per heavy atom. The zero-order valence-electron chi connectivity index (χ0n) is 14.8. The molecule has 1 aliphatic rings. The Kier molecular flexibility index (Phi) is 6.42. The van der Waals surface area contributed by atoms with Crippen molar-refractivity contribution in [1.29, 1.82) is 0 Å². The van der Waals surface area contributed by atoms with E-state index in [0.29, 0.717) is 41.5 Å². The zero-order chi connectivity index (χ0) is 20.3. The van der Waals surface area contributed by atoms with E-state index in [0.717, 1.165) is 12.1 Å². The number of hydrogen-bond donors (Lipinski definition) is 1. The molecule has 0 aromatic heterocycles. The number of anilines is 1. The summed E-state index contributed by atoms with van der Waals surface area (Å²) in [7, 11) is 0. The van der Waals surface area contributed by atoms with Gasteiger partial charge in [0.1, 0.15) is 0 Å². The van der Waals surface area contributed by atoms with Crippen LogP contribution in [0.4, 0.5) is 23.7 Å². The summed E-state index contributed by atoms with van der Waals surface area (Å²) in [6.45, 7) is 0.792. The smallest absolute Gasteiger partial charge is 0.322 e. The van der Waals surface area contributed by atoms with Crippen LogP contribution in [-0.2, 0) is 6.18 Å². The van der Waals surface area contributed by atoms with Crippen molar-refractivity contribution in [1.82, 2.24) is 4.90 Å². The van der Waals surface area contributed by atoms with Gasteiger partial charge in [-0.15, -0.1) is 0 Å². The predicted octanol–water partition coefficient (Wildman–Crippen LogP) is 5.34. The summed E-state index contributed by atoms with van der Waals surface area (Å²) in [6.07, 6.45) is -3.74. The van der Waals surface area contributed by atoms with Crippen LogP contribution in [0, 0.1) is 0 Å². The van der Waals surface area contributed by atoms with Gasteiger partial charge in [-0.3, -0.25) is 10.0 Å². The summed E-state index contributed by atoms with van der Waals surface area (Å²) >= 11 is 7.13. The average Bonchev–Trinajstić information content (AvgIpc) is 2.99. The number of urea groups is 1. The minimum absolute atomic E-state index is 0.244. The first-order valence-corrected chi connectivity index (χ1v) is 10.1. The van der Waals surface area contributed by atoms with Crippen molar-refractivity contribution in [2.75, 3.05) is 23.7 Å². The minimum atomic E-state index is -4.44. The topological polar surface area (TPSA) is 49.6 Å². The SMILES string of the molecule is NSCCCN1CC(c2cccc(C(F)(F)F)c2)N(c2ccc(Cl)cc2)C1=O. The Balaban J connectivity index is 1.96. The Bertz CT molecular complexity index is 832. The molecule has 0 saturated carbocycles. The fourth-order valence-corrected chi connectivity index (χ4v) is 3.67. The molecule has 0 spiro atoms. The molecule has 0 aliphatic carbocycles. The lowest BCUT2D eigenvalue weighted by Gasteiger charge is -2.24. The first kappa shape index (κ1) is 20.8. The van der Waals surface area contributed by atoms with Crippen molar-refractivity contribution in [2.24, 2.45) is 5.14 Å². The van der Waals surface area contributed by atoms with Crippen molar-refractivity contribution in [3.05, 3.63) is 64.7 Å². The third kappa shape index (κ3) is 4.56. The number of hydrogen-bond acceptors (Lipinski definition) is 3. The quantitative estimate of drug-likeness (QED) is 0.498. The standard InChI is InChI=1S/C19H19ClF3N3OS/c20-15-5-7-16(8-6-15)26-17(12-25(18(26)27)9-2-10-28-24)13-3-1-4-14(11-13)19(21,22)23/h1,3-8,11,17H,2,9-10,12,24H2. The van der Waals surface area contributed by atoms with Crippen molar-refractivity contribution in [2.45, 2.75) is 18.6 Å². The Morgan fingerprint density at radius 3 is 2.54 bits per heavy atom. The molecule has 2 aromatic carbocycles. The average molecular weight is 430 g/mol. The van der Waals surface area contributed by atoms with E-state index in [4.69, 9.17) is 16.7 Å². The highest BCUT2D eigenvalue weighted by atomic mass is 35.5. The maximum absolute atomic E-state index is 13.2. The number of carbonyl (C=O) groups excluding carboxylic acids is 1. The summed E-state index contributed by atoms with van der Waals surface area (Å²) in [5.41, 5.74) is 0.299. The molecule has 2 amide bonds. The molecule has 1 saturated heterocycles. The van der Waals surface area contributed by atoms with Crippen LogP contribution in [0.15, 0.2) is 48.5 Å². The molecule has 3 rings (SSSR count). The number of nitrogens with zero attached hydrogens (tertiary/aromatic N) is 2. The Labute approximate surface area is 170 Å². The summed E-state index contributed by atoms with van der Waals surface area (Å²) in [4.78, 5) is 16.2. The van der Waals surface area contributed by atoms with Crippen LogP contribution in [0.3, 0.4) is 0 Å². The molecule has 1 heterocycles. The van der Waals surface area contributed by atoms with Gasteiger partial charge in [0.05, 0.1) is 11.6 Å². The van der Waals surface area contributed by atoms with Crippen molar-refractivity contribution in [3.8, 4) is 0 Å². The van der Waals surface area contributed by atoms with Gasteiger partial charge in [0.25, 0.3) is 0 Å². The molecular weight excluding hydrogens is 411 g/mol. The van der Waals surface area contributed by atoms with Gasteiger partial charge < -0.3 is 4.90 Å². The second-order valence-corrected chi connectivity index (χ2v) is 7.62. The molecule has 1 fully saturated rings. The van der Waals surface area contributed by atoms with E-state index in [9.17, 15) is 18.0 Å². The highest BCUT2D eigenvalue weighted by molar-refractivity contribution is 7.97. The van der Waals surface area contributed by atoms with E-state index < -0.39 is 17.8 Å². The van der Waals surface area contributed by atoms with Gasteiger partial charge in [-0.25, -0.2) is 4.79 Å². The molecule has 2 N–H and O–H groups in total. The summed E-state index contributed by atoms with van der Waals surface area (Å²) in [5.74, 6) is 0.693. The second-order valence-electron chi connectivity index (χ2n) is 6.44. The van der Waals surface area contributed by atoms with Gasteiger partial charge in [0.2, 0.25) is 0 Å². The van der Waals surface area contributed by atoms with Gasteiger partial charge in [0.15, 0.2) is 0 Å². The molecule has 0 bridgehead atoms. The van der Waals surface area contributed by atoms with Crippen LogP contribution < -0.4 is 10.0 Å². The van der Waals surface area contributed by atoms with Crippen molar-refractivity contribution in [3.63, 3.8) is 0 Å². The van der Waals surface area contributed by atoms with Crippen molar-refractivity contribution >= 4 is 35.3 Å². The highest BCUT2D eigenvalue weighted by Crippen LogP contribution is 2.37. The van der Waals surface area contributed by atoms with Gasteiger partial charge in [-0.05, 0) is 48.4 Å². The van der Waals surface area contributed by atoms with Crippen LogP contribution >= 0.6 is 23.5 Å². The molecule has 2 aromatic rings. The Morgan fingerprint density at radius 1 is 1.18 bits per heavy atom. The fourth-order valence-electron chi connectivity index (χ4n) is 3.25. The van der Waals surface area contributed by atoms with Gasteiger partial charge in [0, 0.05) is 29.6 Å². The van der Waals surface area contributed by atoms with E-state index in [1.165, 1.54) is 22.9 Å². The number of alkyl halides is 3. The largest absolute Gasteiger partial charge is 0.416 e. The number of carbonyl (C=O) groups is 1.